The van der Waals surface area contributed by atoms with Crippen LogP contribution in [0.4, 0.5) is 0 Å². The molecule has 1 rings (SSSR count). The van der Waals surface area contributed by atoms with Crippen LogP contribution in [0.15, 0.2) is 17.4 Å². The van der Waals surface area contributed by atoms with Crippen molar-refractivity contribution in [3.63, 3.8) is 0 Å². The molecule has 0 saturated heterocycles. The van der Waals surface area contributed by atoms with Crippen molar-refractivity contribution in [1.29, 1.82) is 0 Å². The van der Waals surface area contributed by atoms with Gasteiger partial charge in [0.2, 0.25) is 11.9 Å². The lowest BCUT2D eigenvalue weighted by Crippen LogP contribution is -2.41. The summed E-state index contributed by atoms with van der Waals surface area (Å²) < 4.78 is 0. The van der Waals surface area contributed by atoms with Crippen LogP contribution in [0.3, 0.4) is 0 Å². The number of guanidine groups is 1. The number of nitrogens with zero attached hydrogens (tertiary/aromatic N) is 2. The van der Waals surface area contributed by atoms with Crippen LogP contribution in [-0.2, 0) is 4.79 Å². The fourth-order valence-corrected chi connectivity index (χ4v) is 0.595. The Morgan fingerprint density at radius 1 is 1.42 bits per heavy atom. The van der Waals surface area contributed by atoms with Crippen LogP contribution in [0.2, 0.25) is 0 Å². The quantitative estimate of drug-likeness (QED) is 0.562. The lowest BCUT2D eigenvalue weighted by molar-refractivity contribution is -0.127. The van der Waals surface area contributed by atoms with Gasteiger partial charge in [0, 0.05) is 17.8 Å². The minimum atomic E-state index is -0.402. The van der Waals surface area contributed by atoms with E-state index in [1.807, 2.05) is 20.8 Å². The van der Waals surface area contributed by atoms with Crippen LogP contribution in [0.25, 0.3) is 0 Å². The third kappa shape index (κ3) is 2.08. The molecule has 0 aliphatic carbocycles. The molecule has 0 aromatic heterocycles. The molecule has 0 bridgehead atoms. The minimum Gasteiger partial charge on any atom is -0.294 e. The zero-order valence-corrected chi connectivity index (χ0v) is 7.46. The van der Waals surface area contributed by atoms with Crippen molar-refractivity contribution in [2.75, 3.05) is 0 Å². The first-order valence-corrected chi connectivity index (χ1v) is 3.75. The normalized spacial score (nSPS) is 15.4. The molecule has 1 aliphatic heterocycles. The van der Waals surface area contributed by atoms with Gasteiger partial charge < -0.3 is 0 Å². The fraction of sp³-hybridized carbons (Fsp3) is 0.500. The molecule has 4 heteroatoms. The van der Waals surface area contributed by atoms with Crippen molar-refractivity contribution in [3.05, 3.63) is 12.4 Å². The summed E-state index contributed by atoms with van der Waals surface area (Å²) in [6.45, 7) is 5.52. The van der Waals surface area contributed by atoms with Crippen molar-refractivity contribution in [3.8, 4) is 0 Å². The van der Waals surface area contributed by atoms with E-state index in [0.29, 0.717) is 5.96 Å². The Morgan fingerprint density at radius 2 is 2.08 bits per heavy atom. The van der Waals surface area contributed by atoms with Crippen LogP contribution < -0.4 is 10.6 Å². The highest BCUT2D eigenvalue weighted by Gasteiger charge is 2.22. The molecule has 0 spiro atoms. The summed E-state index contributed by atoms with van der Waals surface area (Å²) in [5.74, 6) is 0.295. The molecular weight excluding hydrogens is 154 g/mol. The zero-order chi connectivity index (χ0) is 9.19. The van der Waals surface area contributed by atoms with Gasteiger partial charge in [-0.15, -0.1) is 0 Å². The highest BCUT2D eigenvalue weighted by Crippen LogP contribution is 2.12. The van der Waals surface area contributed by atoms with Gasteiger partial charge in [-0.3, -0.25) is 10.1 Å². The highest BCUT2D eigenvalue weighted by molar-refractivity contribution is 6.00. The van der Waals surface area contributed by atoms with Crippen molar-refractivity contribution >= 4 is 11.9 Å². The Hall–Kier alpha value is -1.32. The maximum atomic E-state index is 11.3. The van der Waals surface area contributed by atoms with E-state index in [9.17, 15) is 4.79 Å². The first-order chi connectivity index (χ1) is 5.50. The molecule has 0 atom stereocenters. The first kappa shape index (κ1) is 8.77. The number of nitrogens with one attached hydrogen (secondary N) is 1. The van der Waals surface area contributed by atoms with E-state index in [2.05, 4.69) is 15.6 Å². The van der Waals surface area contributed by atoms with Crippen molar-refractivity contribution in [2.45, 2.75) is 20.8 Å². The molecule has 0 unspecified atom stereocenters. The van der Waals surface area contributed by atoms with E-state index >= 15 is 0 Å². The summed E-state index contributed by atoms with van der Waals surface area (Å²) in [6.07, 6.45) is 3.08. The van der Waals surface area contributed by atoms with Crippen LogP contribution in [-0.4, -0.2) is 11.9 Å². The maximum Gasteiger partial charge on any atom is 0.232 e. The van der Waals surface area contributed by atoms with Crippen LogP contribution >= 0.6 is 0 Å². The number of amides is 1. The molecule has 12 heavy (non-hydrogen) atoms. The Bertz CT molecular complexity index is 248. The highest BCUT2D eigenvalue weighted by atomic mass is 16.2. The molecule has 0 saturated carbocycles. The number of rotatable bonds is 0. The third-order valence-electron chi connectivity index (χ3n) is 1.37. The van der Waals surface area contributed by atoms with Gasteiger partial charge >= 0.3 is 0 Å². The molecule has 0 aromatic carbocycles. The summed E-state index contributed by atoms with van der Waals surface area (Å²) in [6, 6.07) is 0. The van der Waals surface area contributed by atoms with Crippen LogP contribution in [0.1, 0.15) is 20.8 Å². The van der Waals surface area contributed by atoms with Crippen molar-refractivity contribution in [1.82, 2.24) is 10.6 Å². The Labute approximate surface area is 71.8 Å². The van der Waals surface area contributed by atoms with Gasteiger partial charge in [0.15, 0.2) is 0 Å². The molecule has 1 heterocycles. The van der Waals surface area contributed by atoms with Gasteiger partial charge in [-0.2, -0.15) is 0 Å². The Balaban J connectivity index is 2.48. The molecule has 1 aliphatic rings. The van der Waals surface area contributed by atoms with E-state index in [-0.39, 0.29) is 5.91 Å². The van der Waals surface area contributed by atoms with Gasteiger partial charge in [0.05, 0.1) is 0 Å². The van der Waals surface area contributed by atoms with E-state index in [0.717, 1.165) is 0 Å². The van der Waals surface area contributed by atoms with Crippen molar-refractivity contribution in [2.24, 2.45) is 10.4 Å². The van der Waals surface area contributed by atoms with E-state index in [4.69, 9.17) is 0 Å². The van der Waals surface area contributed by atoms with Crippen LogP contribution in [0, 0.1) is 5.41 Å². The van der Waals surface area contributed by atoms with Crippen molar-refractivity contribution < 1.29 is 4.79 Å². The second-order valence-electron chi connectivity index (χ2n) is 3.58. The average molecular weight is 166 g/mol. The predicted octanol–water partition coefficient (Wildman–Crippen LogP) is 0.594. The molecular formula is C8H12N3O. The lowest BCUT2D eigenvalue weighted by Gasteiger charge is -2.16. The molecule has 1 radical (unpaired) electrons. The summed E-state index contributed by atoms with van der Waals surface area (Å²) in [5.41, 5.74) is -0.402. The van der Waals surface area contributed by atoms with E-state index < -0.39 is 5.41 Å². The lowest BCUT2D eigenvalue weighted by atomic mass is 9.96. The SMILES string of the molecule is CC(C)(C)C(=O)NC1=NC=C[N]1. The standard InChI is InChI=1S/C8H12N3O/c1-8(2,3)6(12)11-7-9-4-5-10-7/h4-5H,1-3H3,(H,9,11,12). The average Bonchev–Trinajstić information content (AvgIpc) is 2.37. The molecule has 1 N–H and O–H groups in total. The van der Waals surface area contributed by atoms with Gasteiger partial charge in [0.1, 0.15) is 0 Å². The van der Waals surface area contributed by atoms with Gasteiger partial charge in [0.25, 0.3) is 0 Å². The van der Waals surface area contributed by atoms with Gasteiger partial charge in [-0.1, -0.05) is 20.8 Å². The van der Waals surface area contributed by atoms with Gasteiger partial charge in [-0.25, -0.2) is 10.3 Å². The zero-order valence-electron chi connectivity index (χ0n) is 7.46. The number of aliphatic imine (C=N–C) groups is 1. The molecule has 65 valence electrons. The smallest absolute Gasteiger partial charge is 0.232 e. The molecule has 0 fully saturated rings. The molecule has 0 aromatic rings. The summed E-state index contributed by atoms with van der Waals surface area (Å²) in [5, 5.41) is 6.43. The third-order valence-corrected chi connectivity index (χ3v) is 1.37. The largest absolute Gasteiger partial charge is 0.294 e. The Kier molecular flexibility index (Phi) is 2.17. The summed E-state index contributed by atoms with van der Waals surface area (Å²) in [7, 11) is 0. The second-order valence-corrected chi connectivity index (χ2v) is 3.58. The first-order valence-electron chi connectivity index (χ1n) is 3.75. The monoisotopic (exact) mass is 166 g/mol. The predicted molar refractivity (Wildman–Crippen MR) is 46.3 cm³/mol. The second kappa shape index (κ2) is 2.97. The van der Waals surface area contributed by atoms with E-state index in [1.165, 1.54) is 12.4 Å². The van der Waals surface area contributed by atoms with Gasteiger partial charge in [-0.05, 0) is 0 Å². The molecule has 1 amide bonds. The molecule has 4 nitrogen and oxygen atoms in total. The number of hydrogen-bond donors (Lipinski definition) is 1. The summed E-state index contributed by atoms with van der Waals surface area (Å²) in [4.78, 5) is 15.2. The minimum absolute atomic E-state index is 0.0753. The fourth-order valence-electron chi connectivity index (χ4n) is 0.595. The number of hydrogen-bond acceptors (Lipinski definition) is 2. The maximum absolute atomic E-state index is 11.3. The number of carbonyl (C=O) groups excluding carboxylic acids is 1. The Morgan fingerprint density at radius 3 is 2.50 bits per heavy atom. The topological polar surface area (TPSA) is 55.6 Å². The van der Waals surface area contributed by atoms with E-state index in [1.54, 1.807) is 0 Å². The number of carbonyl (C=O) groups is 1. The summed E-state index contributed by atoms with van der Waals surface area (Å²) >= 11 is 0. The van der Waals surface area contributed by atoms with Crippen LogP contribution in [0.5, 0.6) is 0 Å².